The van der Waals surface area contributed by atoms with E-state index in [1.165, 1.54) is 0 Å². The summed E-state index contributed by atoms with van der Waals surface area (Å²) >= 11 is 3.25. The van der Waals surface area contributed by atoms with Gasteiger partial charge in [-0.05, 0) is 45.8 Å². The zero-order valence-corrected chi connectivity index (χ0v) is 11.1. The Hall–Kier alpha value is -1.88. The number of carbonyl (C=O) groups is 1. The Morgan fingerprint density at radius 3 is 2.50 bits per heavy atom. The molecule has 0 atom stereocenters. The number of halogens is 1. The summed E-state index contributed by atoms with van der Waals surface area (Å²) in [6, 6.07) is 10.6. The predicted molar refractivity (Wildman–Crippen MR) is 71.2 cm³/mol. The number of ether oxygens (including phenoxy) is 1. The number of hydrogen-bond acceptors (Lipinski definition) is 3. The normalized spacial score (nSPS) is 10.1. The van der Waals surface area contributed by atoms with E-state index in [9.17, 15) is 4.79 Å². The monoisotopic (exact) mass is 306 g/mol. The molecule has 0 bridgehead atoms. The van der Waals surface area contributed by atoms with Crippen molar-refractivity contribution in [3.05, 3.63) is 58.3 Å². The van der Waals surface area contributed by atoms with Crippen LogP contribution in [0.3, 0.4) is 0 Å². The van der Waals surface area contributed by atoms with Crippen LogP contribution >= 0.6 is 15.9 Å². The summed E-state index contributed by atoms with van der Waals surface area (Å²) in [5.74, 6) is 0.261. The van der Waals surface area contributed by atoms with Gasteiger partial charge in [0.15, 0.2) is 0 Å². The molecule has 0 saturated carbocycles. The minimum atomic E-state index is -0.431. The third-order valence-corrected chi connectivity index (χ3v) is 2.81. The molecule has 0 saturated heterocycles. The van der Waals surface area contributed by atoms with E-state index in [-0.39, 0.29) is 0 Å². The number of nitrogens with two attached hydrogens (primary N) is 1. The van der Waals surface area contributed by atoms with Crippen molar-refractivity contribution in [2.24, 2.45) is 5.73 Å². The molecule has 0 unspecified atom stereocenters. The molecular formula is C13H11BrN2O2. The second-order valence-electron chi connectivity index (χ2n) is 3.67. The number of primary amides is 1. The highest BCUT2D eigenvalue weighted by molar-refractivity contribution is 9.10. The van der Waals surface area contributed by atoms with Crippen LogP contribution < -0.4 is 10.5 Å². The smallest absolute Gasteiger partial charge is 0.248 e. The van der Waals surface area contributed by atoms with Crippen molar-refractivity contribution in [1.29, 1.82) is 0 Å². The van der Waals surface area contributed by atoms with Crippen LogP contribution in [-0.2, 0) is 6.61 Å². The van der Waals surface area contributed by atoms with Gasteiger partial charge in [-0.1, -0.05) is 12.1 Å². The van der Waals surface area contributed by atoms with Crippen molar-refractivity contribution in [3.8, 4) is 5.75 Å². The predicted octanol–water partition coefficient (Wildman–Crippen LogP) is 2.52. The van der Waals surface area contributed by atoms with Gasteiger partial charge in [-0.25, -0.2) is 4.98 Å². The number of rotatable bonds is 4. The SMILES string of the molecule is NC(=O)c1ccc(COc2ccc(Br)nc2)cc1. The highest BCUT2D eigenvalue weighted by atomic mass is 79.9. The minimum absolute atomic E-state index is 0.419. The van der Waals surface area contributed by atoms with Crippen molar-refractivity contribution >= 4 is 21.8 Å². The maximum atomic E-state index is 10.9. The van der Waals surface area contributed by atoms with Gasteiger partial charge >= 0.3 is 0 Å². The number of benzene rings is 1. The van der Waals surface area contributed by atoms with E-state index in [2.05, 4.69) is 20.9 Å². The Morgan fingerprint density at radius 2 is 1.94 bits per heavy atom. The molecule has 2 N–H and O–H groups in total. The van der Waals surface area contributed by atoms with Gasteiger partial charge in [0.05, 0.1) is 6.20 Å². The molecule has 1 aromatic heterocycles. The average Bonchev–Trinajstić information content (AvgIpc) is 2.38. The Bertz CT molecular complexity index is 538. The van der Waals surface area contributed by atoms with Crippen molar-refractivity contribution in [3.63, 3.8) is 0 Å². The Balaban J connectivity index is 1.97. The summed E-state index contributed by atoms with van der Waals surface area (Å²) in [6.45, 7) is 0.419. The molecular weight excluding hydrogens is 296 g/mol. The zero-order valence-electron chi connectivity index (χ0n) is 9.47. The highest BCUT2D eigenvalue weighted by Crippen LogP contribution is 2.14. The molecule has 1 amide bonds. The first-order chi connectivity index (χ1) is 8.65. The van der Waals surface area contributed by atoms with Crippen molar-refractivity contribution in [2.75, 3.05) is 0 Å². The summed E-state index contributed by atoms with van der Waals surface area (Å²) in [5.41, 5.74) is 6.61. The topological polar surface area (TPSA) is 65.2 Å². The molecule has 92 valence electrons. The maximum absolute atomic E-state index is 10.9. The fourth-order valence-corrected chi connectivity index (χ4v) is 1.61. The largest absolute Gasteiger partial charge is 0.487 e. The molecule has 1 aromatic carbocycles. The minimum Gasteiger partial charge on any atom is -0.487 e. The van der Waals surface area contributed by atoms with Gasteiger partial charge < -0.3 is 10.5 Å². The second kappa shape index (κ2) is 5.64. The highest BCUT2D eigenvalue weighted by Gasteiger charge is 2.00. The lowest BCUT2D eigenvalue weighted by molar-refractivity contribution is 0.1000. The second-order valence-corrected chi connectivity index (χ2v) is 4.48. The molecule has 0 fully saturated rings. The van der Waals surface area contributed by atoms with E-state index in [0.717, 1.165) is 10.2 Å². The standard InChI is InChI=1S/C13H11BrN2O2/c14-12-6-5-11(7-16-12)18-8-9-1-3-10(4-2-9)13(15)17/h1-7H,8H2,(H2,15,17). The van der Waals surface area contributed by atoms with Crippen LogP contribution in [0.15, 0.2) is 47.2 Å². The van der Waals surface area contributed by atoms with Crippen LogP contribution in [0.2, 0.25) is 0 Å². The lowest BCUT2D eigenvalue weighted by Crippen LogP contribution is -2.10. The molecule has 0 aliphatic heterocycles. The molecule has 0 aliphatic rings. The van der Waals surface area contributed by atoms with E-state index in [0.29, 0.717) is 17.9 Å². The maximum Gasteiger partial charge on any atom is 0.248 e. The zero-order chi connectivity index (χ0) is 13.0. The summed E-state index contributed by atoms with van der Waals surface area (Å²) < 4.78 is 6.31. The molecule has 4 nitrogen and oxygen atoms in total. The van der Waals surface area contributed by atoms with Crippen LogP contribution in [0, 0.1) is 0 Å². The van der Waals surface area contributed by atoms with Crippen LogP contribution in [-0.4, -0.2) is 10.9 Å². The van der Waals surface area contributed by atoms with Crippen LogP contribution in [0.1, 0.15) is 15.9 Å². The number of nitrogens with zero attached hydrogens (tertiary/aromatic N) is 1. The fraction of sp³-hybridized carbons (Fsp3) is 0.0769. The molecule has 0 radical (unpaired) electrons. The summed E-state index contributed by atoms with van der Waals surface area (Å²) in [4.78, 5) is 15.0. The number of hydrogen-bond donors (Lipinski definition) is 1. The number of carbonyl (C=O) groups excluding carboxylic acids is 1. The third kappa shape index (κ3) is 3.30. The van der Waals surface area contributed by atoms with Crippen molar-refractivity contribution in [2.45, 2.75) is 6.61 Å². The van der Waals surface area contributed by atoms with Gasteiger partial charge in [0, 0.05) is 5.56 Å². The van der Waals surface area contributed by atoms with Gasteiger partial charge in [0.25, 0.3) is 0 Å². The van der Waals surface area contributed by atoms with E-state index >= 15 is 0 Å². The Kier molecular flexibility index (Phi) is 3.94. The van der Waals surface area contributed by atoms with E-state index in [1.54, 1.807) is 18.3 Å². The van der Waals surface area contributed by atoms with Gasteiger partial charge in [-0.3, -0.25) is 4.79 Å². The quantitative estimate of drug-likeness (QED) is 0.883. The number of pyridine rings is 1. The number of amides is 1. The molecule has 1 heterocycles. The fourth-order valence-electron chi connectivity index (χ4n) is 1.38. The average molecular weight is 307 g/mol. The molecule has 0 spiro atoms. The van der Waals surface area contributed by atoms with Gasteiger partial charge in [0.2, 0.25) is 5.91 Å². The lowest BCUT2D eigenvalue weighted by atomic mass is 10.1. The summed E-state index contributed by atoms with van der Waals surface area (Å²) in [6.07, 6.45) is 1.64. The van der Waals surface area contributed by atoms with E-state index in [1.807, 2.05) is 24.3 Å². The molecule has 2 rings (SSSR count). The third-order valence-electron chi connectivity index (χ3n) is 2.34. The molecule has 5 heteroatoms. The first-order valence-electron chi connectivity index (χ1n) is 5.28. The molecule has 2 aromatic rings. The number of aromatic nitrogens is 1. The molecule has 0 aliphatic carbocycles. The molecule has 18 heavy (non-hydrogen) atoms. The first kappa shape index (κ1) is 12.6. The summed E-state index contributed by atoms with van der Waals surface area (Å²) in [7, 11) is 0. The lowest BCUT2D eigenvalue weighted by Gasteiger charge is -2.06. The first-order valence-corrected chi connectivity index (χ1v) is 6.07. The van der Waals surface area contributed by atoms with Crippen LogP contribution in [0.25, 0.3) is 0 Å². The van der Waals surface area contributed by atoms with Gasteiger partial charge in [-0.2, -0.15) is 0 Å². The van der Waals surface area contributed by atoms with Gasteiger partial charge in [-0.15, -0.1) is 0 Å². The van der Waals surface area contributed by atoms with Crippen LogP contribution in [0.4, 0.5) is 0 Å². The van der Waals surface area contributed by atoms with Crippen molar-refractivity contribution in [1.82, 2.24) is 4.98 Å². The van der Waals surface area contributed by atoms with Crippen LogP contribution in [0.5, 0.6) is 5.75 Å². The summed E-state index contributed by atoms with van der Waals surface area (Å²) in [5, 5.41) is 0. The van der Waals surface area contributed by atoms with Crippen molar-refractivity contribution < 1.29 is 9.53 Å². The van der Waals surface area contributed by atoms with Gasteiger partial charge in [0.1, 0.15) is 17.0 Å². The van der Waals surface area contributed by atoms with E-state index in [4.69, 9.17) is 10.5 Å². The Labute approximate surface area is 113 Å². The van der Waals surface area contributed by atoms with E-state index < -0.39 is 5.91 Å². The Morgan fingerprint density at radius 1 is 1.22 bits per heavy atom.